The molecule has 0 bridgehead atoms. The van der Waals surface area contributed by atoms with Crippen molar-refractivity contribution in [3.63, 3.8) is 0 Å². The zero-order valence-electron chi connectivity index (χ0n) is 15.5. The van der Waals surface area contributed by atoms with E-state index in [0.717, 1.165) is 70.0 Å². The van der Waals surface area contributed by atoms with Crippen LogP contribution in [0.25, 0.3) is 21.7 Å². The molecule has 0 amide bonds. The van der Waals surface area contributed by atoms with Gasteiger partial charge in [-0.25, -0.2) is 0 Å². The van der Waals surface area contributed by atoms with E-state index in [1.54, 1.807) is 0 Å². The number of aryl methyl sites for hydroxylation is 1. The van der Waals surface area contributed by atoms with Gasteiger partial charge in [0, 0.05) is 25.0 Å². The first-order valence-electron chi connectivity index (χ1n) is 9.71. The van der Waals surface area contributed by atoms with Crippen molar-refractivity contribution >= 4 is 21.7 Å². The number of hydrogen-bond acceptors (Lipinski definition) is 4. The maximum atomic E-state index is 6.00. The van der Waals surface area contributed by atoms with Crippen molar-refractivity contribution in [1.82, 2.24) is 4.90 Å². The van der Waals surface area contributed by atoms with Gasteiger partial charge >= 0.3 is 0 Å². The molecule has 4 heteroatoms. The lowest BCUT2D eigenvalue weighted by atomic mass is 10.0. The van der Waals surface area contributed by atoms with Crippen LogP contribution >= 0.6 is 0 Å². The lowest BCUT2D eigenvalue weighted by Gasteiger charge is -2.26. The molecule has 0 spiro atoms. The maximum absolute atomic E-state index is 6.00. The number of ether oxygens (including phenoxy) is 2. The fourth-order valence-corrected chi connectivity index (χ4v) is 3.76. The van der Waals surface area contributed by atoms with E-state index in [1.807, 2.05) is 6.26 Å². The van der Waals surface area contributed by atoms with Crippen molar-refractivity contribution in [2.24, 2.45) is 0 Å². The number of rotatable bonds is 7. The minimum Gasteiger partial charge on any atom is -0.494 e. The molecule has 3 aromatic rings. The lowest BCUT2D eigenvalue weighted by Crippen LogP contribution is -2.37. The first-order valence-corrected chi connectivity index (χ1v) is 9.71. The molecule has 138 valence electrons. The summed E-state index contributed by atoms with van der Waals surface area (Å²) in [4.78, 5) is 2.44. The molecular weight excluding hydrogens is 326 g/mol. The molecule has 0 atom stereocenters. The third-order valence-electron chi connectivity index (χ3n) is 5.11. The van der Waals surface area contributed by atoms with Crippen molar-refractivity contribution in [1.29, 1.82) is 0 Å². The van der Waals surface area contributed by atoms with E-state index in [4.69, 9.17) is 13.9 Å². The highest BCUT2D eigenvalue weighted by molar-refractivity contribution is 6.07. The Labute approximate surface area is 154 Å². The van der Waals surface area contributed by atoms with E-state index in [0.29, 0.717) is 0 Å². The summed E-state index contributed by atoms with van der Waals surface area (Å²) in [5.41, 5.74) is 2.27. The summed E-state index contributed by atoms with van der Waals surface area (Å²) >= 11 is 0. The maximum Gasteiger partial charge on any atom is 0.134 e. The summed E-state index contributed by atoms with van der Waals surface area (Å²) in [5.74, 6) is 0.944. The molecule has 1 aliphatic rings. The summed E-state index contributed by atoms with van der Waals surface area (Å²) in [7, 11) is 0. The number of hydrogen-bond donors (Lipinski definition) is 0. The molecule has 0 saturated carbocycles. The molecule has 2 aromatic carbocycles. The van der Waals surface area contributed by atoms with Gasteiger partial charge in [-0.3, -0.25) is 4.90 Å². The van der Waals surface area contributed by atoms with Crippen molar-refractivity contribution < 1.29 is 13.9 Å². The van der Waals surface area contributed by atoms with Crippen LogP contribution in [0, 0.1) is 0 Å². The Kier molecular flexibility index (Phi) is 5.42. The number of nitrogens with zero attached hydrogens (tertiary/aromatic N) is 1. The largest absolute Gasteiger partial charge is 0.494 e. The van der Waals surface area contributed by atoms with Gasteiger partial charge in [-0.2, -0.15) is 0 Å². The van der Waals surface area contributed by atoms with Crippen LogP contribution in [0.5, 0.6) is 5.75 Å². The van der Waals surface area contributed by atoms with Crippen LogP contribution in [0.2, 0.25) is 0 Å². The molecule has 1 aliphatic heterocycles. The minimum absolute atomic E-state index is 0.748. The van der Waals surface area contributed by atoms with Gasteiger partial charge < -0.3 is 13.9 Å². The highest BCUT2D eigenvalue weighted by Gasteiger charge is 2.11. The van der Waals surface area contributed by atoms with Crippen molar-refractivity contribution in [3.05, 3.63) is 42.2 Å². The Morgan fingerprint density at radius 1 is 1.12 bits per heavy atom. The standard InChI is InChI=1S/C22H27NO3/c1-2-4-18-16-26-21-8-5-17-15-19(6-7-20(17)22(18)21)25-12-3-9-23-10-13-24-14-11-23/h5-8,15-16H,2-4,9-14H2,1H3. The van der Waals surface area contributed by atoms with Crippen LogP contribution in [0.4, 0.5) is 0 Å². The molecule has 1 aromatic heterocycles. The molecule has 0 N–H and O–H groups in total. The van der Waals surface area contributed by atoms with Gasteiger partial charge in [-0.1, -0.05) is 19.4 Å². The average Bonchev–Trinajstić information content (AvgIpc) is 3.09. The zero-order chi connectivity index (χ0) is 17.8. The summed E-state index contributed by atoms with van der Waals surface area (Å²) in [6.45, 7) is 7.81. The van der Waals surface area contributed by atoms with Crippen LogP contribution < -0.4 is 4.74 Å². The van der Waals surface area contributed by atoms with E-state index < -0.39 is 0 Å². The predicted molar refractivity (Wildman–Crippen MR) is 105 cm³/mol. The number of benzene rings is 2. The third-order valence-corrected chi connectivity index (χ3v) is 5.11. The highest BCUT2D eigenvalue weighted by Crippen LogP contribution is 2.32. The molecule has 1 fully saturated rings. The Morgan fingerprint density at radius 3 is 2.85 bits per heavy atom. The Morgan fingerprint density at radius 2 is 2.00 bits per heavy atom. The second-order valence-electron chi connectivity index (χ2n) is 6.99. The molecule has 2 heterocycles. The molecule has 4 nitrogen and oxygen atoms in total. The molecule has 1 saturated heterocycles. The molecule has 26 heavy (non-hydrogen) atoms. The second-order valence-corrected chi connectivity index (χ2v) is 6.99. The van der Waals surface area contributed by atoms with Gasteiger partial charge in [0.2, 0.25) is 0 Å². The monoisotopic (exact) mass is 353 g/mol. The van der Waals surface area contributed by atoms with E-state index in [2.05, 4.69) is 42.2 Å². The highest BCUT2D eigenvalue weighted by atomic mass is 16.5. The average molecular weight is 353 g/mol. The number of fused-ring (bicyclic) bond motifs is 3. The third kappa shape index (κ3) is 3.71. The SMILES string of the molecule is CCCc1coc2ccc3cc(OCCCN4CCOCC4)ccc3c12. The van der Waals surface area contributed by atoms with Crippen LogP contribution in [0.3, 0.4) is 0 Å². The Bertz CT molecular complexity index is 864. The first-order chi connectivity index (χ1) is 12.8. The van der Waals surface area contributed by atoms with E-state index in [1.165, 1.54) is 21.7 Å². The van der Waals surface area contributed by atoms with Gasteiger partial charge in [-0.15, -0.1) is 0 Å². The fourth-order valence-electron chi connectivity index (χ4n) is 3.76. The van der Waals surface area contributed by atoms with E-state index >= 15 is 0 Å². The molecule has 0 unspecified atom stereocenters. The smallest absolute Gasteiger partial charge is 0.134 e. The first kappa shape index (κ1) is 17.4. The fraction of sp³-hybridized carbons (Fsp3) is 0.455. The molecule has 0 aliphatic carbocycles. The van der Waals surface area contributed by atoms with Gasteiger partial charge in [0.25, 0.3) is 0 Å². The summed E-state index contributed by atoms with van der Waals surface area (Å²) < 4.78 is 17.1. The van der Waals surface area contributed by atoms with Crippen LogP contribution in [-0.4, -0.2) is 44.4 Å². The zero-order valence-corrected chi connectivity index (χ0v) is 15.5. The van der Waals surface area contributed by atoms with E-state index in [9.17, 15) is 0 Å². The van der Waals surface area contributed by atoms with Crippen LogP contribution in [0.15, 0.2) is 41.0 Å². The summed E-state index contributed by atoms with van der Waals surface area (Å²) in [6.07, 6.45) is 5.12. The van der Waals surface area contributed by atoms with Gasteiger partial charge in [0.05, 0.1) is 26.1 Å². The molecular formula is C22H27NO3. The van der Waals surface area contributed by atoms with Crippen LogP contribution in [-0.2, 0) is 11.2 Å². The molecule has 0 radical (unpaired) electrons. The lowest BCUT2D eigenvalue weighted by molar-refractivity contribution is 0.0358. The minimum atomic E-state index is 0.748. The Balaban J connectivity index is 1.43. The van der Waals surface area contributed by atoms with E-state index in [-0.39, 0.29) is 0 Å². The van der Waals surface area contributed by atoms with Gasteiger partial charge in [0.15, 0.2) is 0 Å². The second kappa shape index (κ2) is 8.11. The number of morpholine rings is 1. The van der Waals surface area contributed by atoms with Crippen molar-refractivity contribution in [2.75, 3.05) is 39.5 Å². The molecule has 4 rings (SSSR count). The predicted octanol–water partition coefficient (Wildman–Crippen LogP) is 4.64. The quantitative estimate of drug-likeness (QED) is 0.580. The topological polar surface area (TPSA) is 34.8 Å². The summed E-state index contributed by atoms with van der Waals surface area (Å²) in [5, 5.41) is 3.71. The van der Waals surface area contributed by atoms with Gasteiger partial charge in [0.1, 0.15) is 11.3 Å². The number of furan rings is 1. The van der Waals surface area contributed by atoms with Crippen molar-refractivity contribution in [2.45, 2.75) is 26.2 Å². The summed E-state index contributed by atoms with van der Waals surface area (Å²) in [6, 6.07) is 10.6. The van der Waals surface area contributed by atoms with Gasteiger partial charge in [-0.05, 0) is 53.4 Å². The normalized spacial score (nSPS) is 15.7. The van der Waals surface area contributed by atoms with Crippen LogP contribution in [0.1, 0.15) is 25.3 Å². The Hall–Kier alpha value is -2.04. The van der Waals surface area contributed by atoms with Crippen molar-refractivity contribution in [3.8, 4) is 5.75 Å².